The summed E-state index contributed by atoms with van der Waals surface area (Å²) >= 11 is 4.27. The van der Waals surface area contributed by atoms with E-state index in [9.17, 15) is 0 Å². The Morgan fingerprint density at radius 1 is 0.480 bits per heavy atom. The number of aryl methyl sites for hydroxylation is 1. The van der Waals surface area contributed by atoms with Crippen molar-refractivity contribution in [3.8, 4) is 22.3 Å². The molecule has 0 unspecified atom stereocenters. The van der Waals surface area contributed by atoms with Gasteiger partial charge in [0, 0.05) is 0 Å². The topological polar surface area (TPSA) is 0 Å². The fourth-order valence-corrected chi connectivity index (χ4v) is 3.37. The highest BCUT2D eigenvalue weighted by molar-refractivity contribution is 7.80. The van der Waals surface area contributed by atoms with E-state index in [1.165, 1.54) is 59.9 Å². The van der Waals surface area contributed by atoms with Gasteiger partial charge in [0.1, 0.15) is 0 Å². The van der Waals surface area contributed by atoms with Gasteiger partial charge in [-0.15, -0.1) is 0 Å². The fourth-order valence-electron chi connectivity index (χ4n) is 3.14. The predicted molar refractivity (Wildman–Crippen MR) is 113 cm³/mol. The van der Waals surface area contributed by atoms with E-state index in [1.54, 1.807) is 0 Å². The second kappa shape index (κ2) is 9.48. The lowest BCUT2D eigenvalue weighted by Gasteiger charge is -2.07. The van der Waals surface area contributed by atoms with E-state index in [2.05, 4.69) is 91.5 Å². The number of benzene rings is 3. The first kappa shape index (κ1) is 17.8. The number of rotatable bonds is 8. The lowest BCUT2D eigenvalue weighted by Crippen LogP contribution is -1.87. The average molecular weight is 347 g/mol. The molecule has 0 fully saturated rings. The molecule has 0 heterocycles. The van der Waals surface area contributed by atoms with Gasteiger partial charge in [0.2, 0.25) is 0 Å². The molecule has 0 saturated heterocycles. The van der Waals surface area contributed by atoms with Gasteiger partial charge in [-0.1, -0.05) is 91.7 Å². The van der Waals surface area contributed by atoms with Crippen molar-refractivity contribution in [1.29, 1.82) is 0 Å². The van der Waals surface area contributed by atoms with Crippen LogP contribution in [0.25, 0.3) is 22.3 Å². The van der Waals surface area contributed by atoms with Crippen LogP contribution in [0.2, 0.25) is 0 Å². The minimum Gasteiger partial charge on any atom is -0.179 e. The summed E-state index contributed by atoms with van der Waals surface area (Å²) in [5, 5.41) is 0. The molecule has 128 valence electrons. The van der Waals surface area contributed by atoms with Crippen LogP contribution in [0.1, 0.15) is 31.2 Å². The Bertz CT molecular complexity index is 742. The normalized spacial score (nSPS) is 10.8. The van der Waals surface area contributed by atoms with Crippen molar-refractivity contribution in [2.75, 3.05) is 5.75 Å². The summed E-state index contributed by atoms with van der Waals surface area (Å²) in [6.07, 6.45) is 6.30. The first-order valence-electron chi connectivity index (χ1n) is 9.22. The third-order valence-corrected chi connectivity index (χ3v) is 4.97. The van der Waals surface area contributed by atoms with Gasteiger partial charge >= 0.3 is 0 Å². The van der Waals surface area contributed by atoms with Crippen LogP contribution < -0.4 is 0 Å². The summed E-state index contributed by atoms with van der Waals surface area (Å²) in [7, 11) is 0. The Morgan fingerprint density at radius 3 is 1.52 bits per heavy atom. The van der Waals surface area contributed by atoms with Crippen molar-refractivity contribution in [1.82, 2.24) is 0 Å². The van der Waals surface area contributed by atoms with E-state index in [4.69, 9.17) is 0 Å². The summed E-state index contributed by atoms with van der Waals surface area (Å²) in [5.41, 5.74) is 6.54. The SMILES string of the molecule is SCCCCCCc1ccc(-c2ccc(-c3ccccc3)cc2)cc1. The first-order chi connectivity index (χ1) is 12.4. The van der Waals surface area contributed by atoms with Gasteiger partial charge < -0.3 is 0 Å². The molecule has 0 saturated carbocycles. The van der Waals surface area contributed by atoms with Crippen molar-refractivity contribution >= 4 is 12.6 Å². The van der Waals surface area contributed by atoms with Crippen LogP contribution >= 0.6 is 12.6 Å². The van der Waals surface area contributed by atoms with Crippen molar-refractivity contribution in [3.05, 3.63) is 84.4 Å². The van der Waals surface area contributed by atoms with E-state index in [0.29, 0.717) is 0 Å². The van der Waals surface area contributed by atoms with Crippen LogP contribution in [-0.4, -0.2) is 5.75 Å². The highest BCUT2D eigenvalue weighted by atomic mass is 32.1. The van der Waals surface area contributed by atoms with Crippen LogP contribution in [-0.2, 0) is 6.42 Å². The van der Waals surface area contributed by atoms with Crippen LogP contribution in [0, 0.1) is 0 Å². The fraction of sp³-hybridized carbons (Fsp3) is 0.250. The molecule has 0 aliphatic rings. The molecule has 0 spiro atoms. The van der Waals surface area contributed by atoms with Crippen molar-refractivity contribution in [2.45, 2.75) is 32.1 Å². The zero-order valence-corrected chi connectivity index (χ0v) is 15.6. The Labute approximate surface area is 157 Å². The highest BCUT2D eigenvalue weighted by Crippen LogP contribution is 2.25. The van der Waals surface area contributed by atoms with Gasteiger partial charge in [-0.05, 0) is 52.8 Å². The molecule has 0 aromatic heterocycles. The molecule has 25 heavy (non-hydrogen) atoms. The van der Waals surface area contributed by atoms with Gasteiger partial charge in [-0.2, -0.15) is 12.6 Å². The Kier molecular flexibility index (Phi) is 6.76. The molecule has 0 nitrogen and oxygen atoms in total. The molecule has 0 atom stereocenters. The molecule has 0 aliphatic carbocycles. The molecule has 0 amide bonds. The Morgan fingerprint density at radius 2 is 0.960 bits per heavy atom. The van der Waals surface area contributed by atoms with Crippen LogP contribution in [0.15, 0.2) is 78.9 Å². The van der Waals surface area contributed by atoms with Crippen molar-refractivity contribution < 1.29 is 0 Å². The second-order valence-electron chi connectivity index (χ2n) is 6.53. The first-order valence-corrected chi connectivity index (χ1v) is 9.86. The van der Waals surface area contributed by atoms with E-state index in [-0.39, 0.29) is 0 Å². The standard InChI is InChI=1S/C24H26S/c25-19-7-2-1-4-8-20-11-13-22(14-12-20)24-17-15-23(16-18-24)21-9-5-3-6-10-21/h3,5-6,9-18,25H,1-2,4,7-8,19H2. The van der Waals surface area contributed by atoms with Gasteiger partial charge in [0.25, 0.3) is 0 Å². The maximum Gasteiger partial charge on any atom is -0.00979 e. The molecular formula is C24H26S. The van der Waals surface area contributed by atoms with Gasteiger partial charge in [-0.3, -0.25) is 0 Å². The molecule has 0 aliphatic heterocycles. The third-order valence-electron chi connectivity index (χ3n) is 4.65. The van der Waals surface area contributed by atoms with Crippen LogP contribution in [0.4, 0.5) is 0 Å². The minimum atomic E-state index is 1.01. The van der Waals surface area contributed by atoms with Crippen molar-refractivity contribution in [3.63, 3.8) is 0 Å². The largest absolute Gasteiger partial charge is 0.179 e. The van der Waals surface area contributed by atoms with Crippen LogP contribution in [0.3, 0.4) is 0 Å². The summed E-state index contributed by atoms with van der Waals surface area (Å²) in [6, 6.07) is 28.4. The maximum absolute atomic E-state index is 4.27. The zero-order chi connectivity index (χ0) is 17.3. The lowest BCUT2D eigenvalue weighted by atomic mass is 9.98. The van der Waals surface area contributed by atoms with Gasteiger partial charge in [0.15, 0.2) is 0 Å². The summed E-state index contributed by atoms with van der Waals surface area (Å²) < 4.78 is 0. The lowest BCUT2D eigenvalue weighted by molar-refractivity contribution is 0.671. The molecule has 3 rings (SSSR count). The molecule has 3 aromatic rings. The molecule has 0 N–H and O–H groups in total. The third kappa shape index (κ3) is 5.24. The number of hydrogen-bond acceptors (Lipinski definition) is 1. The van der Waals surface area contributed by atoms with E-state index in [1.807, 2.05) is 0 Å². The van der Waals surface area contributed by atoms with Crippen molar-refractivity contribution in [2.24, 2.45) is 0 Å². The minimum absolute atomic E-state index is 1.01. The summed E-state index contributed by atoms with van der Waals surface area (Å²) in [4.78, 5) is 0. The van der Waals surface area contributed by atoms with E-state index in [0.717, 1.165) is 5.75 Å². The molecular weight excluding hydrogens is 320 g/mol. The van der Waals surface area contributed by atoms with E-state index >= 15 is 0 Å². The Hall–Kier alpha value is -1.99. The number of thiol groups is 1. The molecule has 0 bridgehead atoms. The molecule has 0 radical (unpaired) electrons. The number of hydrogen-bond donors (Lipinski definition) is 1. The zero-order valence-electron chi connectivity index (χ0n) is 14.7. The monoisotopic (exact) mass is 346 g/mol. The summed E-state index contributed by atoms with van der Waals surface area (Å²) in [6.45, 7) is 0. The maximum atomic E-state index is 4.27. The quantitative estimate of drug-likeness (QED) is 0.328. The highest BCUT2D eigenvalue weighted by Gasteiger charge is 2.01. The second-order valence-corrected chi connectivity index (χ2v) is 6.98. The number of unbranched alkanes of at least 4 members (excludes halogenated alkanes) is 3. The van der Waals surface area contributed by atoms with E-state index < -0.39 is 0 Å². The van der Waals surface area contributed by atoms with Gasteiger partial charge in [0.05, 0.1) is 0 Å². The average Bonchev–Trinajstić information content (AvgIpc) is 2.69. The molecule has 3 aromatic carbocycles. The smallest absolute Gasteiger partial charge is 0.00979 e. The predicted octanol–water partition coefficient (Wildman–Crippen LogP) is 7.05. The molecule has 1 heteroatoms. The van der Waals surface area contributed by atoms with Gasteiger partial charge in [-0.25, -0.2) is 0 Å². The summed E-state index contributed by atoms with van der Waals surface area (Å²) in [5.74, 6) is 1.01. The van der Waals surface area contributed by atoms with Crippen LogP contribution in [0.5, 0.6) is 0 Å². The Balaban J connectivity index is 1.60.